The number of hydrogen-bond acceptors (Lipinski definition) is 5. The predicted molar refractivity (Wildman–Crippen MR) is 115 cm³/mol. The normalized spacial score (nSPS) is 12.9. The van der Waals surface area contributed by atoms with Crippen molar-refractivity contribution in [2.45, 2.75) is 46.1 Å². The van der Waals surface area contributed by atoms with Crippen molar-refractivity contribution in [3.05, 3.63) is 52.2 Å². The number of hydrogen-bond donors (Lipinski definition) is 2. The topological polar surface area (TPSA) is 84.5 Å². The summed E-state index contributed by atoms with van der Waals surface area (Å²) in [4.78, 5) is 37.2. The van der Waals surface area contributed by atoms with E-state index in [-0.39, 0.29) is 11.8 Å². The summed E-state index contributed by atoms with van der Waals surface area (Å²) in [6, 6.07) is 10.2. The average Bonchev–Trinajstić information content (AvgIpc) is 3.24. The number of esters is 1. The van der Waals surface area contributed by atoms with Gasteiger partial charge >= 0.3 is 5.97 Å². The van der Waals surface area contributed by atoms with E-state index in [1.54, 1.807) is 31.4 Å². The molecule has 156 valence electrons. The number of benzene rings is 1. The fraction of sp³-hybridized carbons (Fsp3) is 0.409. The minimum absolute atomic E-state index is 0.178. The molecule has 0 unspecified atom stereocenters. The summed E-state index contributed by atoms with van der Waals surface area (Å²) in [5, 5.41) is 7.18. The third kappa shape index (κ3) is 6.71. The van der Waals surface area contributed by atoms with Crippen molar-refractivity contribution in [3.8, 4) is 0 Å². The van der Waals surface area contributed by atoms with Gasteiger partial charge in [0.05, 0.1) is 4.88 Å². The number of rotatable bonds is 9. The van der Waals surface area contributed by atoms with E-state index < -0.39 is 24.5 Å². The standard InChI is InChI=1S/C22H28N2O4S/c1-5-15(4)16-8-10-17(11-9-16)23-19(25)13-28-22(27)20(14(2)3)24-21(26)18-7-6-12-29-18/h6-12,14-15,20H,5,13H2,1-4H3,(H,23,25)(H,24,26)/t15-,20-/m1/s1. The molecule has 0 aliphatic carbocycles. The van der Waals surface area contributed by atoms with Crippen LogP contribution in [0.1, 0.15) is 55.3 Å². The Kier molecular flexibility index (Phi) is 8.39. The molecular weight excluding hydrogens is 388 g/mol. The smallest absolute Gasteiger partial charge is 0.329 e. The lowest BCUT2D eigenvalue weighted by atomic mass is 9.99. The highest BCUT2D eigenvalue weighted by Crippen LogP contribution is 2.20. The minimum atomic E-state index is -0.827. The molecule has 0 aliphatic heterocycles. The number of nitrogens with one attached hydrogen (secondary N) is 2. The van der Waals surface area contributed by atoms with E-state index in [4.69, 9.17) is 4.74 Å². The van der Waals surface area contributed by atoms with Gasteiger partial charge in [-0.1, -0.05) is 45.9 Å². The summed E-state index contributed by atoms with van der Waals surface area (Å²) in [5.74, 6) is -1.11. The second-order valence-electron chi connectivity index (χ2n) is 7.26. The van der Waals surface area contributed by atoms with Crippen LogP contribution in [0.3, 0.4) is 0 Å². The van der Waals surface area contributed by atoms with E-state index in [0.29, 0.717) is 16.5 Å². The van der Waals surface area contributed by atoms with Crippen LogP contribution in [-0.4, -0.2) is 30.4 Å². The molecule has 2 atom stereocenters. The molecular formula is C22H28N2O4S. The van der Waals surface area contributed by atoms with Crippen molar-refractivity contribution >= 4 is 34.8 Å². The maximum Gasteiger partial charge on any atom is 0.329 e. The molecule has 0 bridgehead atoms. The molecule has 29 heavy (non-hydrogen) atoms. The Morgan fingerprint density at radius 3 is 2.31 bits per heavy atom. The van der Waals surface area contributed by atoms with Gasteiger partial charge < -0.3 is 15.4 Å². The SMILES string of the molecule is CC[C@@H](C)c1ccc(NC(=O)COC(=O)[C@H](NC(=O)c2cccs2)C(C)C)cc1. The Balaban J connectivity index is 1.87. The van der Waals surface area contributed by atoms with Gasteiger partial charge in [-0.05, 0) is 47.4 Å². The zero-order valence-electron chi connectivity index (χ0n) is 17.2. The third-order valence-corrected chi connectivity index (χ3v) is 5.54. The minimum Gasteiger partial charge on any atom is -0.454 e. The molecule has 0 saturated heterocycles. The van der Waals surface area contributed by atoms with Gasteiger partial charge in [0.15, 0.2) is 6.61 Å². The van der Waals surface area contributed by atoms with Crippen LogP contribution in [0, 0.1) is 5.92 Å². The summed E-state index contributed by atoms with van der Waals surface area (Å²) in [6.45, 7) is 7.47. The zero-order chi connectivity index (χ0) is 21.4. The van der Waals surface area contributed by atoms with E-state index in [9.17, 15) is 14.4 Å². The Labute approximate surface area is 175 Å². The van der Waals surface area contributed by atoms with Crippen LogP contribution in [0.15, 0.2) is 41.8 Å². The average molecular weight is 417 g/mol. The van der Waals surface area contributed by atoms with Gasteiger partial charge in [0.2, 0.25) is 0 Å². The van der Waals surface area contributed by atoms with E-state index in [1.807, 2.05) is 24.3 Å². The van der Waals surface area contributed by atoms with Gasteiger partial charge in [-0.15, -0.1) is 11.3 Å². The fourth-order valence-electron chi connectivity index (χ4n) is 2.67. The van der Waals surface area contributed by atoms with Crippen LogP contribution in [0.4, 0.5) is 5.69 Å². The first-order chi connectivity index (χ1) is 13.8. The first kappa shape index (κ1) is 22.6. The van der Waals surface area contributed by atoms with Crippen LogP contribution in [-0.2, 0) is 14.3 Å². The molecule has 2 rings (SSSR count). The second kappa shape index (κ2) is 10.8. The molecule has 6 nitrogen and oxygen atoms in total. The highest BCUT2D eigenvalue weighted by atomic mass is 32.1. The van der Waals surface area contributed by atoms with Crippen molar-refractivity contribution in [1.82, 2.24) is 5.32 Å². The Morgan fingerprint density at radius 2 is 1.76 bits per heavy atom. The lowest BCUT2D eigenvalue weighted by molar-refractivity contribution is -0.150. The molecule has 1 heterocycles. The second-order valence-corrected chi connectivity index (χ2v) is 8.21. The number of amides is 2. The number of ether oxygens (including phenoxy) is 1. The third-order valence-electron chi connectivity index (χ3n) is 4.67. The largest absolute Gasteiger partial charge is 0.454 e. The molecule has 2 aromatic rings. The van der Waals surface area contributed by atoms with Crippen molar-refractivity contribution in [1.29, 1.82) is 0 Å². The predicted octanol–water partition coefficient (Wildman–Crippen LogP) is 4.20. The molecule has 0 aliphatic rings. The first-order valence-corrected chi connectivity index (χ1v) is 10.6. The van der Waals surface area contributed by atoms with Crippen molar-refractivity contribution in [3.63, 3.8) is 0 Å². The van der Waals surface area contributed by atoms with Gasteiger partial charge in [0.1, 0.15) is 6.04 Å². The van der Waals surface area contributed by atoms with Crippen LogP contribution >= 0.6 is 11.3 Å². The van der Waals surface area contributed by atoms with Crippen LogP contribution in [0.5, 0.6) is 0 Å². The van der Waals surface area contributed by atoms with Gasteiger partial charge in [-0.25, -0.2) is 4.79 Å². The quantitative estimate of drug-likeness (QED) is 0.600. The maximum absolute atomic E-state index is 12.4. The molecule has 2 N–H and O–H groups in total. The van der Waals surface area contributed by atoms with E-state index >= 15 is 0 Å². The Hall–Kier alpha value is -2.67. The number of anilines is 1. The summed E-state index contributed by atoms with van der Waals surface area (Å²) in [6.07, 6.45) is 1.04. The van der Waals surface area contributed by atoms with E-state index in [0.717, 1.165) is 6.42 Å². The van der Waals surface area contributed by atoms with Gasteiger partial charge in [0, 0.05) is 5.69 Å². The van der Waals surface area contributed by atoms with Crippen LogP contribution in [0.2, 0.25) is 0 Å². The molecule has 0 saturated carbocycles. The summed E-state index contributed by atoms with van der Waals surface area (Å²) in [5.41, 5.74) is 1.85. The summed E-state index contributed by atoms with van der Waals surface area (Å²) < 4.78 is 5.13. The van der Waals surface area contributed by atoms with E-state index in [1.165, 1.54) is 16.9 Å². The molecule has 1 aromatic carbocycles. The first-order valence-electron chi connectivity index (χ1n) is 9.72. The molecule has 0 radical (unpaired) electrons. The highest BCUT2D eigenvalue weighted by molar-refractivity contribution is 7.12. The van der Waals surface area contributed by atoms with Gasteiger partial charge in [0.25, 0.3) is 11.8 Å². The lowest BCUT2D eigenvalue weighted by Gasteiger charge is -2.20. The number of carbonyl (C=O) groups is 3. The lowest BCUT2D eigenvalue weighted by Crippen LogP contribution is -2.45. The Morgan fingerprint density at radius 1 is 1.07 bits per heavy atom. The molecule has 0 fully saturated rings. The van der Waals surface area contributed by atoms with Gasteiger partial charge in [-0.2, -0.15) is 0 Å². The van der Waals surface area contributed by atoms with Gasteiger partial charge in [-0.3, -0.25) is 9.59 Å². The van der Waals surface area contributed by atoms with Crippen molar-refractivity contribution in [2.75, 3.05) is 11.9 Å². The monoisotopic (exact) mass is 416 g/mol. The highest BCUT2D eigenvalue weighted by Gasteiger charge is 2.27. The maximum atomic E-state index is 12.4. The Bertz CT molecular complexity index is 816. The molecule has 7 heteroatoms. The van der Waals surface area contributed by atoms with Crippen molar-refractivity contribution < 1.29 is 19.1 Å². The summed E-state index contributed by atoms with van der Waals surface area (Å²) in [7, 11) is 0. The molecule has 1 aromatic heterocycles. The fourth-order valence-corrected chi connectivity index (χ4v) is 3.30. The zero-order valence-corrected chi connectivity index (χ0v) is 18.0. The summed E-state index contributed by atoms with van der Waals surface area (Å²) >= 11 is 1.29. The van der Waals surface area contributed by atoms with Crippen LogP contribution < -0.4 is 10.6 Å². The number of thiophene rings is 1. The van der Waals surface area contributed by atoms with Crippen molar-refractivity contribution in [2.24, 2.45) is 5.92 Å². The number of carbonyl (C=O) groups excluding carboxylic acids is 3. The van der Waals surface area contributed by atoms with E-state index in [2.05, 4.69) is 24.5 Å². The molecule has 2 amide bonds. The molecule has 0 spiro atoms. The van der Waals surface area contributed by atoms with Crippen LogP contribution in [0.25, 0.3) is 0 Å².